The van der Waals surface area contributed by atoms with E-state index in [1.807, 2.05) is 0 Å². The van der Waals surface area contributed by atoms with Crippen LogP contribution in [0, 0.1) is 19.8 Å². The van der Waals surface area contributed by atoms with E-state index in [0.717, 1.165) is 11.8 Å². The Kier molecular flexibility index (Phi) is 4.14. The Labute approximate surface area is 129 Å². The maximum absolute atomic E-state index is 2.39. The molecule has 0 amide bonds. The first-order valence-electron chi connectivity index (χ1n) is 8.31. The van der Waals surface area contributed by atoms with Gasteiger partial charge < -0.3 is 0 Å². The molecule has 3 rings (SSSR count). The van der Waals surface area contributed by atoms with Gasteiger partial charge in [-0.05, 0) is 66.3 Å². The Balaban J connectivity index is 1.79. The van der Waals surface area contributed by atoms with Crippen LogP contribution in [0.5, 0.6) is 0 Å². The highest BCUT2D eigenvalue weighted by atomic mass is 14.2. The van der Waals surface area contributed by atoms with Crippen molar-refractivity contribution in [1.29, 1.82) is 0 Å². The summed E-state index contributed by atoms with van der Waals surface area (Å²) in [7, 11) is 0. The smallest absolute Gasteiger partial charge is 0.0162 e. The molecule has 1 fully saturated rings. The van der Waals surface area contributed by atoms with Gasteiger partial charge in [-0.3, -0.25) is 0 Å². The SMILES string of the molecule is Cc1ccc(-c2ccc(C3CCC(C)CC3)cc2)cc1C. The molecule has 1 aliphatic carbocycles. The maximum Gasteiger partial charge on any atom is -0.0162 e. The lowest BCUT2D eigenvalue weighted by Gasteiger charge is -2.26. The second-order valence-corrected chi connectivity index (χ2v) is 6.88. The summed E-state index contributed by atoms with van der Waals surface area (Å²) in [5.41, 5.74) is 6.95. The van der Waals surface area contributed by atoms with Crippen LogP contribution in [0.1, 0.15) is 55.2 Å². The Morgan fingerprint density at radius 2 is 1.33 bits per heavy atom. The van der Waals surface area contributed by atoms with Crippen molar-refractivity contribution in [3.8, 4) is 11.1 Å². The molecule has 0 saturated heterocycles. The van der Waals surface area contributed by atoms with E-state index in [-0.39, 0.29) is 0 Å². The fourth-order valence-electron chi connectivity index (χ4n) is 3.46. The van der Waals surface area contributed by atoms with Crippen molar-refractivity contribution in [2.24, 2.45) is 5.92 Å². The van der Waals surface area contributed by atoms with E-state index < -0.39 is 0 Å². The quantitative estimate of drug-likeness (QED) is 0.608. The van der Waals surface area contributed by atoms with Gasteiger partial charge in [0, 0.05) is 0 Å². The molecule has 2 aromatic rings. The van der Waals surface area contributed by atoms with Gasteiger partial charge >= 0.3 is 0 Å². The van der Waals surface area contributed by atoms with Gasteiger partial charge in [-0.1, -0.05) is 62.2 Å². The molecule has 0 N–H and O–H groups in total. The van der Waals surface area contributed by atoms with Crippen LogP contribution in [0.15, 0.2) is 42.5 Å². The van der Waals surface area contributed by atoms with Gasteiger partial charge in [0.1, 0.15) is 0 Å². The van der Waals surface area contributed by atoms with E-state index in [0.29, 0.717) is 0 Å². The largest absolute Gasteiger partial charge is 0.0625 e. The molecule has 0 nitrogen and oxygen atoms in total. The van der Waals surface area contributed by atoms with E-state index in [2.05, 4.69) is 63.2 Å². The fourth-order valence-corrected chi connectivity index (χ4v) is 3.46. The van der Waals surface area contributed by atoms with Crippen molar-refractivity contribution < 1.29 is 0 Å². The van der Waals surface area contributed by atoms with Gasteiger partial charge in [0.25, 0.3) is 0 Å². The molecule has 0 heterocycles. The van der Waals surface area contributed by atoms with Crippen LogP contribution in [0.4, 0.5) is 0 Å². The molecule has 0 radical (unpaired) electrons. The van der Waals surface area contributed by atoms with Crippen molar-refractivity contribution in [3.05, 3.63) is 59.2 Å². The fraction of sp³-hybridized carbons (Fsp3) is 0.429. The van der Waals surface area contributed by atoms with Gasteiger partial charge in [-0.2, -0.15) is 0 Å². The number of hydrogen-bond acceptors (Lipinski definition) is 0. The summed E-state index contributed by atoms with van der Waals surface area (Å²) < 4.78 is 0. The molecule has 0 bridgehead atoms. The molecule has 0 heteroatoms. The maximum atomic E-state index is 2.39. The van der Waals surface area contributed by atoms with Crippen LogP contribution in [-0.4, -0.2) is 0 Å². The first kappa shape index (κ1) is 14.4. The zero-order chi connectivity index (χ0) is 14.8. The number of rotatable bonds is 2. The molecule has 1 aliphatic rings. The molecule has 0 unspecified atom stereocenters. The summed E-state index contributed by atoms with van der Waals surface area (Å²) in [5.74, 6) is 1.71. The molecule has 1 saturated carbocycles. The van der Waals surface area contributed by atoms with Crippen LogP contribution in [0.3, 0.4) is 0 Å². The van der Waals surface area contributed by atoms with Crippen molar-refractivity contribution in [2.45, 2.75) is 52.4 Å². The van der Waals surface area contributed by atoms with Crippen molar-refractivity contribution in [2.75, 3.05) is 0 Å². The summed E-state index contributed by atoms with van der Waals surface area (Å²) in [4.78, 5) is 0. The second kappa shape index (κ2) is 6.05. The first-order valence-corrected chi connectivity index (χ1v) is 8.31. The van der Waals surface area contributed by atoms with E-state index in [1.165, 1.54) is 53.5 Å². The van der Waals surface area contributed by atoms with Crippen LogP contribution in [0.2, 0.25) is 0 Å². The lowest BCUT2D eigenvalue weighted by Crippen LogP contribution is -2.10. The monoisotopic (exact) mass is 278 g/mol. The van der Waals surface area contributed by atoms with Crippen LogP contribution in [0.25, 0.3) is 11.1 Å². The molecular weight excluding hydrogens is 252 g/mol. The van der Waals surface area contributed by atoms with Gasteiger partial charge in [0.05, 0.1) is 0 Å². The normalized spacial score (nSPS) is 22.2. The van der Waals surface area contributed by atoms with E-state index in [4.69, 9.17) is 0 Å². The Morgan fingerprint density at radius 1 is 0.714 bits per heavy atom. The standard InChI is InChI=1S/C21H26/c1-15-4-7-18(8-5-15)19-10-12-20(13-11-19)21-9-6-16(2)17(3)14-21/h6,9-15,18H,4-5,7-8H2,1-3H3. The third-order valence-corrected chi connectivity index (χ3v) is 5.24. The average Bonchev–Trinajstić information content (AvgIpc) is 2.51. The van der Waals surface area contributed by atoms with E-state index in [1.54, 1.807) is 0 Å². The lowest BCUT2D eigenvalue weighted by atomic mass is 9.79. The van der Waals surface area contributed by atoms with Crippen molar-refractivity contribution in [1.82, 2.24) is 0 Å². The Bertz CT molecular complexity index is 598. The highest BCUT2D eigenvalue weighted by Gasteiger charge is 2.19. The predicted octanol–water partition coefficient (Wildman–Crippen LogP) is 6.26. The predicted molar refractivity (Wildman–Crippen MR) is 91.7 cm³/mol. The summed E-state index contributed by atoms with van der Waals surface area (Å²) in [6.45, 7) is 6.75. The minimum Gasteiger partial charge on any atom is -0.0625 e. The number of hydrogen-bond donors (Lipinski definition) is 0. The Hall–Kier alpha value is -1.56. The molecule has 0 atom stereocenters. The Morgan fingerprint density at radius 3 is 1.95 bits per heavy atom. The number of aryl methyl sites for hydroxylation is 2. The molecule has 0 aromatic heterocycles. The lowest BCUT2D eigenvalue weighted by molar-refractivity contribution is 0.348. The third-order valence-electron chi connectivity index (χ3n) is 5.24. The zero-order valence-corrected chi connectivity index (χ0v) is 13.5. The van der Waals surface area contributed by atoms with Crippen molar-refractivity contribution in [3.63, 3.8) is 0 Å². The first-order chi connectivity index (χ1) is 10.1. The van der Waals surface area contributed by atoms with Crippen LogP contribution in [-0.2, 0) is 0 Å². The summed E-state index contributed by atoms with van der Waals surface area (Å²) in [6, 6.07) is 16.1. The van der Waals surface area contributed by atoms with E-state index >= 15 is 0 Å². The number of benzene rings is 2. The topological polar surface area (TPSA) is 0 Å². The van der Waals surface area contributed by atoms with E-state index in [9.17, 15) is 0 Å². The zero-order valence-electron chi connectivity index (χ0n) is 13.5. The summed E-state index contributed by atoms with van der Waals surface area (Å²) in [6.07, 6.45) is 5.52. The molecule has 0 aliphatic heterocycles. The van der Waals surface area contributed by atoms with Crippen LogP contribution >= 0.6 is 0 Å². The van der Waals surface area contributed by atoms with Gasteiger partial charge in [0.15, 0.2) is 0 Å². The van der Waals surface area contributed by atoms with Crippen LogP contribution < -0.4 is 0 Å². The minimum atomic E-state index is 0.787. The van der Waals surface area contributed by atoms with Gasteiger partial charge in [-0.25, -0.2) is 0 Å². The van der Waals surface area contributed by atoms with Crippen molar-refractivity contribution >= 4 is 0 Å². The van der Waals surface area contributed by atoms with Gasteiger partial charge in [-0.15, -0.1) is 0 Å². The second-order valence-electron chi connectivity index (χ2n) is 6.88. The highest BCUT2D eigenvalue weighted by Crippen LogP contribution is 2.36. The minimum absolute atomic E-state index is 0.787. The average molecular weight is 278 g/mol. The summed E-state index contributed by atoms with van der Waals surface area (Å²) >= 11 is 0. The summed E-state index contributed by atoms with van der Waals surface area (Å²) in [5, 5.41) is 0. The molecule has 110 valence electrons. The third kappa shape index (κ3) is 3.20. The molecule has 21 heavy (non-hydrogen) atoms. The van der Waals surface area contributed by atoms with Gasteiger partial charge in [0.2, 0.25) is 0 Å². The molecule has 2 aromatic carbocycles. The highest BCUT2D eigenvalue weighted by molar-refractivity contribution is 5.65. The molecule has 0 spiro atoms. The molecular formula is C21H26.